The maximum Gasteiger partial charge on any atom is 0.163 e. The van der Waals surface area contributed by atoms with Gasteiger partial charge in [-0.05, 0) is 44.7 Å². The Bertz CT molecular complexity index is 444. The van der Waals surface area contributed by atoms with Gasteiger partial charge in [0.25, 0.3) is 0 Å². The first-order valence-electron chi connectivity index (χ1n) is 7.43. The summed E-state index contributed by atoms with van der Waals surface area (Å²) in [5.74, 6) is -1.47. The highest BCUT2D eigenvalue weighted by molar-refractivity contribution is 5.28. The largest absolute Gasteiger partial charge is 0.378 e. The highest BCUT2D eigenvalue weighted by atomic mass is 19.2. The van der Waals surface area contributed by atoms with E-state index < -0.39 is 11.6 Å². The van der Waals surface area contributed by atoms with Crippen LogP contribution in [0.2, 0.25) is 0 Å². The van der Waals surface area contributed by atoms with Gasteiger partial charge in [-0.15, -0.1) is 0 Å². The molecule has 2 atom stereocenters. The van der Waals surface area contributed by atoms with Crippen LogP contribution in [0.1, 0.15) is 49.8 Å². The number of benzene rings is 1. The quantitative estimate of drug-likeness (QED) is 0.885. The summed E-state index contributed by atoms with van der Waals surface area (Å²) in [7, 11) is 0. The van der Waals surface area contributed by atoms with Gasteiger partial charge >= 0.3 is 0 Å². The Labute approximate surface area is 119 Å². The molecule has 0 radical (unpaired) electrons. The Morgan fingerprint density at radius 3 is 2.75 bits per heavy atom. The molecular formula is C16H23F2NO. The van der Waals surface area contributed by atoms with Crippen LogP contribution in [-0.2, 0) is 4.74 Å². The molecule has 1 fully saturated rings. The molecule has 0 bridgehead atoms. The summed E-state index contributed by atoms with van der Waals surface area (Å²) in [5, 5.41) is 3.25. The predicted molar refractivity (Wildman–Crippen MR) is 75.7 cm³/mol. The van der Waals surface area contributed by atoms with E-state index in [1.54, 1.807) is 19.1 Å². The first kappa shape index (κ1) is 15.4. The average molecular weight is 283 g/mol. The summed E-state index contributed by atoms with van der Waals surface area (Å²) in [4.78, 5) is 0. The van der Waals surface area contributed by atoms with Gasteiger partial charge in [-0.3, -0.25) is 0 Å². The zero-order valence-electron chi connectivity index (χ0n) is 12.2. The lowest BCUT2D eigenvalue weighted by molar-refractivity contribution is 0.00491. The average Bonchev–Trinajstić information content (AvgIpc) is 2.46. The third-order valence-corrected chi connectivity index (χ3v) is 3.90. The van der Waals surface area contributed by atoms with E-state index in [-0.39, 0.29) is 12.1 Å². The summed E-state index contributed by atoms with van der Waals surface area (Å²) < 4.78 is 33.6. The molecule has 1 aromatic rings. The lowest BCUT2D eigenvalue weighted by atomic mass is 9.95. The molecule has 20 heavy (non-hydrogen) atoms. The maximum atomic E-state index is 14.1. The minimum atomic E-state index is -0.741. The van der Waals surface area contributed by atoms with E-state index in [0.717, 1.165) is 25.9 Å². The molecule has 112 valence electrons. The van der Waals surface area contributed by atoms with Crippen molar-refractivity contribution in [3.8, 4) is 0 Å². The zero-order valence-corrected chi connectivity index (χ0v) is 12.2. The zero-order chi connectivity index (χ0) is 14.5. The molecule has 0 aromatic heterocycles. The van der Waals surface area contributed by atoms with E-state index >= 15 is 0 Å². The van der Waals surface area contributed by atoms with E-state index in [1.165, 1.54) is 0 Å². The van der Waals surface area contributed by atoms with Crippen molar-refractivity contribution in [3.05, 3.63) is 34.9 Å². The second-order valence-electron chi connectivity index (χ2n) is 5.43. The molecule has 1 N–H and O–H groups in total. The minimum absolute atomic E-state index is 0.136. The van der Waals surface area contributed by atoms with Gasteiger partial charge in [-0.25, -0.2) is 8.78 Å². The van der Waals surface area contributed by atoms with Gasteiger partial charge in [0.2, 0.25) is 0 Å². The molecule has 1 saturated heterocycles. The van der Waals surface area contributed by atoms with Crippen molar-refractivity contribution < 1.29 is 13.5 Å². The van der Waals surface area contributed by atoms with Crippen LogP contribution in [0, 0.1) is 18.6 Å². The summed E-state index contributed by atoms with van der Waals surface area (Å²) in [6, 6.07) is 3.13. The molecule has 0 saturated carbocycles. The lowest BCUT2D eigenvalue weighted by Crippen LogP contribution is -2.29. The van der Waals surface area contributed by atoms with E-state index in [4.69, 9.17) is 4.74 Å². The lowest BCUT2D eigenvalue weighted by Gasteiger charge is -2.28. The Morgan fingerprint density at radius 2 is 2.10 bits per heavy atom. The first-order valence-corrected chi connectivity index (χ1v) is 7.43. The van der Waals surface area contributed by atoms with Crippen molar-refractivity contribution in [3.63, 3.8) is 0 Å². The van der Waals surface area contributed by atoms with Gasteiger partial charge in [0.1, 0.15) is 0 Å². The number of aryl methyl sites for hydroxylation is 1. The van der Waals surface area contributed by atoms with Crippen LogP contribution < -0.4 is 5.32 Å². The summed E-state index contributed by atoms with van der Waals surface area (Å²) >= 11 is 0. The standard InChI is InChI=1S/C16H23F2NO/c1-3-19-14(10-12-6-4-5-9-20-12)13-8-7-11(2)15(17)16(13)18/h7-8,12,14,19H,3-6,9-10H2,1-2H3. The Hall–Kier alpha value is -1.00. The van der Waals surface area contributed by atoms with Crippen LogP contribution in [0.3, 0.4) is 0 Å². The number of hydrogen-bond donors (Lipinski definition) is 1. The summed E-state index contributed by atoms with van der Waals surface area (Å²) in [6.07, 6.45) is 4.06. The highest BCUT2D eigenvalue weighted by Crippen LogP contribution is 2.28. The third-order valence-electron chi connectivity index (χ3n) is 3.90. The van der Waals surface area contributed by atoms with Crippen LogP contribution in [0.5, 0.6) is 0 Å². The number of halogens is 2. The van der Waals surface area contributed by atoms with Crippen LogP contribution >= 0.6 is 0 Å². The summed E-state index contributed by atoms with van der Waals surface area (Å²) in [6.45, 7) is 5.03. The van der Waals surface area contributed by atoms with Crippen LogP contribution in [-0.4, -0.2) is 19.3 Å². The van der Waals surface area contributed by atoms with Crippen molar-refractivity contribution in [2.24, 2.45) is 0 Å². The van der Waals surface area contributed by atoms with Gasteiger partial charge in [0.15, 0.2) is 11.6 Å². The fourth-order valence-electron chi connectivity index (χ4n) is 2.75. The molecular weight excluding hydrogens is 260 g/mol. The van der Waals surface area contributed by atoms with E-state index in [9.17, 15) is 8.78 Å². The van der Waals surface area contributed by atoms with E-state index in [1.807, 2.05) is 6.92 Å². The number of rotatable bonds is 5. The molecule has 1 aromatic carbocycles. The van der Waals surface area contributed by atoms with Gasteiger partial charge in [0, 0.05) is 18.2 Å². The SMILES string of the molecule is CCNC(CC1CCCCO1)c1ccc(C)c(F)c1F. The smallest absolute Gasteiger partial charge is 0.163 e. The second kappa shape index (κ2) is 7.14. The third kappa shape index (κ3) is 3.55. The Balaban J connectivity index is 2.17. The Morgan fingerprint density at radius 1 is 1.30 bits per heavy atom. The molecule has 2 rings (SSSR count). The predicted octanol–water partition coefficient (Wildman–Crippen LogP) is 3.88. The van der Waals surface area contributed by atoms with Gasteiger partial charge in [-0.2, -0.15) is 0 Å². The van der Waals surface area contributed by atoms with Crippen molar-refractivity contribution in [1.82, 2.24) is 5.32 Å². The Kier molecular flexibility index (Phi) is 5.49. The topological polar surface area (TPSA) is 21.3 Å². The normalized spacial score (nSPS) is 20.9. The van der Waals surface area contributed by atoms with Crippen LogP contribution in [0.15, 0.2) is 12.1 Å². The maximum absolute atomic E-state index is 14.1. The van der Waals surface area contributed by atoms with Crippen molar-refractivity contribution in [1.29, 1.82) is 0 Å². The van der Waals surface area contributed by atoms with Crippen molar-refractivity contribution >= 4 is 0 Å². The molecule has 0 aliphatic carbocycles. The number of ether oxygens (including phenoxy) is 1. The van der Waals surface area contributed by atoms with Gasteiger partial charge in [-0.1, -0.05) is 19.1 Å². The summed E-state index contributed by atoms with van der Waals surface area (Å²) in [5.41, 5.74) is 0.750. The van der Waals surface area contributed by atoms with E-state index in [0.29, 0.717) is 24.1 Å². The molecule has 1 aliphatic rings. The van der Waals surface area contributed by atoms with Crippen molar-refractivity contribution in [2.75, 3.05) is 13.2 Å². The molecule has 2 nitrogen and oxygen atoms in total. The molecule has 0 spiro atoms. The highest BCUT2D eigenvalue weighted by Gasteiger charge is 2.24. The van der Waals surface area contributed by atoms with E-state index in [2.05, 4.69) is 5.32 Å². The molecule has 0 amide bonds. The van der Waals surface area contributed by atoms with Crippen LogP contribution in [0.4, 0.5) is 8.78 Å². The molecule has 1 aliphatic heterocycles. The monoisotopic (exact) mass is 283 g/mol. The van der Waals surface area contributed by atoms with Crippen LogP contribution in [0.25, 0.3) is 0 Å². The number of hydrogen-bond acceptors (Lipinski definition) is 2. The molecule has 2 unspecified atom stereocenters. The minimum Gasteiger partial charge on any atom is -0.378 e. The fourth-order valence-corrected chi connectivity index (χ4v) is 2.75. The first-order chi connectivity index (χ1) is 9.63. The second-order valence-corrected chi connectivity index (χ2v) is 5.43. The molecule has 1 heterocycles. The van der Waals surface area contributed by atoms with Gasteiger partial charge in [0.05, 0.1) is 6.10 Å². The fraction of sp³-hybridized carbons (Fsp3) is 0.625. The van der Waals surface area contributed by atoms with Crippen molar-refractivity contribution in [2.45, 2.75) is 51.7 Å². The molecule has 4 heteroatoms. The van der Waals surface area contributed by atoms with Gasteiger partial charge < -0.3 is 10.1 Å². The number of nitrogens with one attached hydrogen (secondary N) is 1.